The highest BCUT2D eigenvalue weighted by Crippen LogP contribution is 2.12. The van der Waals surface area contributed by atoms with Crippen LogP contribution in [0.25, 0.3) is 0 Å². The number of rotatable bonds is 3. The Hall–Kier alpha value is -1.81. The molecule has 4 nitrogen and oxygen atoms in total. The van der Waals surface area contributed by atoms with Crippen LogP contribution in [0, 0.1) is 6.92 Å². The SMILES string of the molecule is Cc1ccc(C(=O)OC[C@H]2OC=C[C@@H]2O)cc1. The van der Waals surface area contributed by atoms with Crippen molar-refractivity contribution >= 4 is 5.97 Å². The van der Waals surface area contributed by atoms with Crippen molar-refractivity contribution in [2.45, 2.75) is 19.1 Å². The van der Waals surface area contributed by atoms with Gasteiger partial charge in [-0.25, -0.2) is 4.79 Å². The number of aliphatic hydroxyl groups excluding tert-OH is 1. The molecule has 1 aromatic carbocycles. The van der Waals surface area contributed by atoms with E-state index in [4.69, 9.17) is 9.47 Å². The Kier molecular flexibility index (Phi) is 3.44. The van der Waals surface area contributed by atoms with Gasteiger partial charge in [0.05, 0.1) is 11.8 Å². The van der Waals surface area contributed by atoms with Crippen LogP contribution < -0.4 is 0 Å². The van der Waals surface area contributed by atoms with Crippen molar-refractivity contribution < 1.29 is 19.4 Å². The summed E-state index contributed by atoms with van der Waals surface area (Å²) in [7, 11) is 0. The highest BCUT2D eigenvalue weighted by atomic mass is 16.6. The van der Waals surface area contributed by atoms with Crippen LogP contribution in [0.4, 0.5) is 0 Å². The number of carbonyl (C=O) groups is 1. The minimum Gasteiger partial charge on any atom is -0.492 e. The van der Waals surface area contributed by atoms with Gasteiger partial charge < -0.3 is 14.6 Å². The molecule has 0 saturated heterocycles. The Morgan fingerprint density at radius 2 is 2.12 bits per heavy atom. The summed E-state index contributed by atoms with van der Waals surface area (Å²) in [6.45, 7) is 1.99. The van der Waals surface area contributed by atoms with Crippen LogP contribution >= 0.6 is 0 Å². The highest BCUT2D eigenvalue weighted by molar-refractivity contribution is 5.89. The zero-order valence-electron chi connectivity index (χ0n) is 9.50. The van der Waals surface area contributed by atoms with E-state index in [2.05, 4.69) is 0 Å². The third-order valence-corrected chi connectivity index (χ3v) is 2.58. The van der Waals surface area contributed by atoms with Crippen molar-refractivity contribution in [3.05, 3.63) is 47.7 Å². The number of hydrogen-bond acceptors (Lipinski definition) is 4. The number of benzene rings is 1. The summed E-state index contributed by atoms with van der Waals surface area (Å²) in [6.07, 6.45) is 1.73. The van der Waals surface area contributed by atoms with E-state index in [-0.39, 0.29) is 6.61 Å². The van der Waals surface area contributed by atoms with Crippen molar-refractivity contribution in [1.29, 1.82) is 0 Å². The third-order valence-electron chi connectivity index (χ3n) is 2.58. The van der Waals surface area contributed by atoms with E-state index in [1.165, 1.54) is 12.3 Å². The molecule has 0 bridgehead atoms. The molecule has 0 aliphatic carbocycles. The van der Waals surface area contributed by atoms with Crippen LogP contribution in [-0.4, -0.2) is 29.9 Å². The van der Waals surface area contributed by atoms with Crippen molar-refractivity contribution in [1.82, 2.24) is 0 Å². The lowest BCUT2D eigenvalue weighted by atomic mass is 10.1. The van der Waals surface area contributed by atoms with Gasteiger partial charge in [-0.05, 0) is 25.1 Å². The van der Waals surface area contributed by atoms with E-state index in [0.29, 0.717) is 5.56 Å². The fourth-order valence-electron chi connectivity index (χ4n) is 1.50. The standard InChI is InChI=1S/C13H14O4/c1-9-2-4-10(5-3-9)13(15)17-8-12-11(14)6-7-16-12/h2-7,11-12,14H,8H2,1H3/t11-,12+/m0/s1. The quantitative estimate of drug-likeness (QED) is 0.804. The van der Waals surface area contributed by atoms with Gasteiger partial charge in [0.2, 0.25) is 0 Å². The Morgan fingerprint density at radius 3 is 2.71 bits per heavy atom. The van der Waals surface area contributed by atoms with Crippen molar-refractivity contribution in [2.75, 3.05) is 6.61 Å². The molecule has 4 heteroatoms. The summed E-state index contributed by atoms with van der Waals surface area (Å²) >= 11 is 0. The van der Waals surface area contributed by atoms with Gasteiger partial charge >= 0.3 is 5.97 Å². The van der Waals surface area contributed by atoms with E-state index in [1.807, 2.05) is 19.1 Å². The van der Waals surface area contributed by atoms with Gasteiger partial charge in [-0.1, -0.05) is 17.7 Å². The lowest BCUT2D eigenvalue weighted by molar-refractivity contribution is -0.00264. The molecule has 1 N–H and O–H groups in total. The van der Waals surface area contributed by atoms with E-state index >= 15 is 0 Å². The topological polar surface area (TPSA) is 55.8 Å². The van der Waals surface area contributed by atoms with Crippen LogP contribution in [0.5, 0.6) is 0 Å². The summed E-state index contributed by atoms with van der Waals surface area (Å²) in [5, 5.41) is 9.41. The fraction of sp³-hybridized carbons (Fsp3) is 0.308. The molecule has 1 aliphatic heterocycles. The summed E-state index contributed by atoms with van der Waals surface area (Å²) in [6, 6.07) is 7.11. The Morgan fingerprint density at radius 1 is 1.41 bits per heavy atom. The van der Waals surface area contributed by atoms with Gasteiger partial charge in [-0.2, -0.15) is 0 Å². The summed E-state index contributed by atoms with van der Waals surface area (Å²) in [5.74, 6) is -0.410. The maximum atomic E-state index is 11.6. The normalized spacial score (nSPS) is 22.2. The molecule has 1 aromatic rings. The first-order valence-electron chi connectivity index (χ1n) is 5.41. The first-order valence-corrected chi connectivity index (χ1v) is 5.41. The largest absolute Gasteiger partial charge is 0.492 e. The second-order valence-electron chi connectivity index (χ2n) is 3.96. The molecule has 0 saturated carbocycles. The zero-order chi connectivity index (χ0) is 12.3. The summed E-state index contributed by atoms with van der Waals surface area (Å²) in [4.78, 5) is 11.6. The molecule has 0 radical (unpaired) electrons. The van der Waals surface area contributed by atoms with Crippen LogP contribution in [0.1, 0.15) is 15.9 Å². The van der Waals surface area contributed by atoms with Gasteiger partial charge in [0.25, 0.3) is 0 Å². The minimum absolute atomic E-state index is 0.0425. The van der Waals surface area contributed by atoms with Crippen LogP contribution in [-0.2, 0) is 9.47 Å². The van der Waals surface area contributed by atoms with Crippen molar-refractivity contribution in [3.8, 4) is 0 Å². The van der Waals surface area contributed by atoms with E-state index in [0.717, 1.165) is 5.56 Å². The maximum absolute atomic E-state index is 11.6. The second-order valence-corrected chi connectivity index (χ2v) is 3.96. The zero-order valence-corrected chi connectivity index (χ0v) is 9.50. The van der Waals surface area contributed by atoms with E-state index in [1.54, 1.807) is 12.1 Å². The number of hydrogen-bond donors (Lipinski definition) is 1. The molecule has 1 aliphatic rings. The molecule has 0 spiro atoms. The van der Waals surface area contributed by atoms with Gasteiger partial charge in [-0.15, -0.1) is 0 Å². The molecule has 1 heterocycles. The number of aliphatic hydroxyl groups is 1. The van der Waals surface area contributed by atoms with Gasteiger partial charge in [-0.3, -0.25) is 0 Å². The molecule has 0 fully saturated rings. The first kappa shape index (κ1) is 11.7. The third kappa shape index (κ3) is 2.85. The molecule has 0 unspecified atom stereocenters. The second kappa shape index (κ2) is 5.01. The Bertz CT molecular complexity index is 422. The van der Waals surface area contributed by atoms with E-state index in [9.17, 15) is 9.90 Å². The Labute approximate surface area is 99.5 Å². The van der Waals surface area contributed by atoms with Crippen molar-refractivity contribution in [2.24, 2.45) is 0 Å². The molecule has 0 aromatic heterocycles. The Balaban J connectivity index is 1.87. The molecular formula is C13H14O4. The molecular weight excluding hydrogens is 220 g/mol. The predicted molar refractivity (Wildman–Crippen MR) is 61.5 cm³/mol. The number of ether oxygens (including phenoxy) is 2. The van der Waals surface area contributed by atoms with E-state index < -0.39 is 18.2 Å². The summed E-state index contributed by atoms with van der Waals surface area (Å²) in [5.41, 5.74) is 1.58. The monoisotopic (exact) mass is 234 g/mol. The molecule has 17 heavy (non-hydrogen) atoms. The molecule has 2 rings (SSSR count). The average molecular weight is 234 g/mol. The predicted octanol–water partition coefficient (Wildman–Crippen LogP) is 1.43. The molecule has 90 valence electrons. The number of carbonyl (C=O) groups excluding carboxylic acids is 1. The van der Waals surface area contributed by atoms with Crippen molar-refractivity contribution in [3.63, 3.8) is 0 Å². The average Bonchev–Trinajstić information content (AvgIpc) is 2.73. The van der Waals surface area contributed by atoms with Gasteiger partial charge in [0, 0.05) is 0 Å². The van der Waals surface area contributed by atoms with Crippen LogP contribution in [0.2, 0.25) is 0 Å². The fourth-order valence-corrected chi connectivity index (χ4v) is 1.50. The molecule has 0 amide bonds. The smallest absolute Gasteiger partial charge is 0.338 e. The van der Waals surface area contributed by atoms with Crippen LogP contribution in [0.15, 0.2) is 36.6 Å². The molecule has 2 atom stereocenters. The first-order chi connectivity index (χ1) is 8.16. The van der Waals surface area contributed by atoms with Crippen LogP contribution in [0.3, 0.4) is 0 Å². The summed E-state index contributed by atoms with van der Waals surface area (Å²) < 4.78 is 10.1. The number of aryl methyl sites for hydroxylation is 1. The van der Waals surface area contributed by atoms with Gasteiger partial charge in [0.15, 0.2) is 6.10 Å². The number of esters is 1. The lowest BCUT2D eigenvalue weighted by Crippen LogP contribution is -2.28. The highest BCUT2D eigenvalue weighted by Gasteiger charge is 2.23. The minimum atomic E-state index is -0.708. The maximum Gasteiger partial charge on any atom is 0.338 e. The lowest BCUT2D eigenvalue weighted by Gasteiger charge is -2.14. The van der Waals surface area contributed by atoms with Gasteiger partial charge in [0.1, 0.15) is 12.7 Å².